The van der Waals surface area contributed by atoms with Crippen molar-refractivity contribution in [2.24, 2.45) is 5.92 Å². The summed E-state index contributed by atoms with van der Waals surface area (Å²) in [5.41, 5.74) is 0. The van der Waals surface area contributed by atoms with Gasteiger partial charge in [0.25, 0.3) is 0 Å². The maximum atomic E-state index is 11.3. The Bertz CT molecular complexity index is 157. The van der Waals surface area contributed by atoms with Crippen molar-refractivity contribution in [3.8, 4) is 0 Å². The van der Waals surface area contributed by atoms with Gasteiger partial charge in [0.15, 0.2) is 0 Å². The summed E-state index contributed by atoms with van der Waals surface area (Å²) in [6.07, 6.45) is 1.64. The van der Waals surface area contributed by atoms with E-state index in [-0.39, 0.29) is 17.7 Å². The smallest absolute Gasteiger partial charge is 0.137 e. The van der Waals surface area contributed by atoms with E-state index in [9.17, 15) is 9.59 Å². The molecular weight excluding hydrogens is 154 g/mol. The van der Waals surface area contributed by atoms with Gasteiger partial charge in [0.2, 0.25) is 0 Å². The van der Waals surface area contributed by atoms with Gasteiger partial charge in [0.1, 0.15) is 12.1 Å². The van der Waals surface area contributed by atoms with Gasteiger partial charge in [0.05, 0.1) is 0 Å². The Hall–Kier alpha value is -0.700. The average molecular weight is 171 g/mol. The highest BCUT2D eigenvalue weighted by Gasteiger charge is 2.21. The molecule has 0 amide bonds. The first-order valence-electron chi connectivity index (χ1n) is 4.31. The van der Waals surface area contributed by atoms with Crippen molar-refractivity contribution in [2.45, 2.75) is 32.7 Å². The van der Waals surface area contributed by atoms with E-state index in [4.69, 9.17) is 0 Å². The highest BCUT2D eigenvalue weighted by molar-refractivity contribution is 5.83. The summed E-state index contributed by atoms with van der Waals surface area (Å²) >= 11 is 0. The van der Waals surface area contributed by atoms with E-state index in [0.29, 0.717) is 12.8 Å². The molecule has 3 heteroatoms. The van der Waals surface area contributed by atoms with Crippen molar-refractivity contribution < 1.29 is 9.59 Å². The lowest BCUT2D eigenvalue weighted by Gasteiger charge is -2.19. The van der Waals surface area contributed by atoms with Crippen LogP contribution in [-0.4, -0.2) is 25.2 Å². The molecule has 1 N–H and O–H groups in total. The minimum Gasteiger partial charge on any atom is -0.317 e. The third-order valence-corrected chi connectivity index (χ3v) is 2.17. The Balaban J connectivity index is 4.20. The molecule has 0 unspecified atom stereocenters. The Morgan fingerprint density at radius 3 is 2.50 bits per heavy atom. The number of aldehydes is 1. The predicted octanol–water partition coefficient (Wildman–Crippen LogP) is 0.779. The zero-order chi connectivity index (χ0) is 9.56. The number of hydrogen-bond acceptors (Lipinski definition) is 3. The summed E-state index contributed by atoms with van der Waals surface area (Å²) in [5.74, 6) is 0.00134. The zero-order valence-corrected chi connectivity index (χ0v) is 7.96. The van der Waals surface area contributed by atoms with Gasteiger partial charge < -0.3 is 10.1 Å². The Morgan fingerprint density at radius 2 is 2.17 bits per heavy atom. The van der Waals surface area contributed by atoms with Gasteiger partial charge in [-0.25, -0.2) is 0 Å². The van der Waals surface area contributed by atoms with Crippen molar-refractivity contribution in [1.82, 2.24) is 5.32 Å². The summed E-state index contributed by atoms with van der Waals surface area (Å²) in [4.78, 5) is 21.6. The second-order valence-electron chi connectivity index (χ2n) is 2.91. The average Bonchev–Trinajstić information content (AvgIpc) is 2.11. The van der Waals surface area contributed by atoms with E-state index < -0.39 is 0 Å². The quantitative estimate of drug-likeness (QED) is 0.601. The van der Waals surface area contributed by atoms with E-state index in [1.54, 1.807) is 7.05 Å². The van der Waals surface area contributed by atoms with Crippen molar-refractivity contribution in [3.05, 3.63) is 0 Å². The van der Waals surface area contributed by atoms with Crippen molar-refractivity contribution in [1.29, 1.82) is 0 Å². The van der Waals surface area contributed by atoms with Crippen molar-refractivity contribution in [2.75, 3.05) is 7.05 Å². The maximum Gasteiger partial charge on any atom is 0.137 e. The van der Waals surface area contributed by atoms with Gasteiger partial charge in [-0.1, -0.05) is 6.92 Å². The molecule has 0 fully saturated rings. The predicted molar refractivity (Wildman–Crippen MR) is 48.0 cm³/mol. The van der Waals surface area contributed by atoms with E-state index in [2.05, 4.69) is 5.32 Å². The molecule has 0 saturated carbocycles. The van der Waals surface area contributed by atoms with Crippen LogP contribution >= 0.6 is 0 Å². The number of Topliss-reactive ketones (excluding diaryl/α,β-unsaturated/α-hetero) is 1. The molecule has 0 bridgehead atoms. The summed E-state index contributed by atoms with van der Waals surface area (Å²) in [7, 11) is 1.80. The fraction of sp³-hybridized carbons (Fsp3) is 0.778. The third-order valence-electron chi connectivity index (χ3n) is 2.17. The highest BCUT2D eigenvalue weighted by Crippen LogP contribution is 2.10. The third kappa shape index (κ3) is 3.13. The lowest BCUT2D eigenvalue weighted by Crippen LogP contribution is -2.35. The first-order chi connectivity index (χ1) is 5.67. The lowest BCUT2D eigenvalue weighted by atomic mass is 9.92. The number of nitrogens with one attached hydrogen (secondary N) is 1. The molecule has 0 aromatic heterocycles. The molecule has 0 aromatic carbocycles. The Kier molecular flexibility index (Phi) is 5.54. The summed E-state index contributed by atoms with van der Waals surface area (Å²) in [6, 6.07) is 0.0858. The molecule has 0 heterocycles. The second-order valence-corrected chi connectivity index (χ2v) is 2.91. The molecule has 3 nitrogen and oxygen atoms in total. The molecule has 0 saturated heterocycles. The monoisotopic (exact) mass is 171 g/mol. The molecule has 12 heavy (non-hydrogen) atoms. The number of hydrogen-bond donors (Lipinski definition) is 1. The lowest BCUT2D eigenvalue weighted by molar-refractivity contribution is -0.125. The molecule has 0 spiro atoms. The number of rotatable bonds is 6. The minimum atomic E-state index is -0.155. The van der Waals surface area contributed by atoms with Crippen molar-refractivity contribution >= 4 is 12.1 Å². The number of ketones is 1. The van der Waals surface area contributed by atoms with Crippen LogP contribution in [-0.2, 0) is 9.59 Å². The van der Waals surface area contributed by atoms with Crippen LogP contribution in [0.2, 0.25) is 0 Å². The second kappa shape index (κ2) is 5.89. The van der Waals surface area contributed by atoms with Crippen LogP contribution in [0.15, 0.2) is 0 Å². The molecule has 2 atom stereocenters. The molecular formula is C9H17NO2. The van der Waals surface area contributed by atoms with E-state index in [1.807, 2.05) is 13.8 Å². The van der Waals surface area contributed by atoms with Crippen LogP contribution in [0.5, 0.6) is 0 Å². The van der Waals surface area contributed by atoms with Crippen LogP contribution in [0.1, 0.15) is 26.7 Å². The van der Waals surface area contributed by atoms with Crippen LogP contribution < -0.4 is 5.32 Å². The van der Waals surface area contributed by atoms with E-state index in [1.165, 1.54) is 0 Å². The van der Waals surface area contributed by atoms with Crippen molar-refractivity contribution in [3.63, 3.8) is 0 Å². The SMILES string of the molecule is CCC(=O)[C@@H](CC=O)[C@@H](C)NC. The standard InChI is InChI=1S/C9H17NO2/c1-4-9(12)8(5-6-11)7(2)10-3/h6-8,10H,4-5H2,1-3H3/t7-,8+/m1/s1. The number of carbonyl (C=O) groups excluding carboxylic acids is 2. The van der Waals surface area contributed by atoms with Gasteiger partial charge >= 0.3 is 0 Å². The molecule has 70 valence electrons. The van der Waals surface area contributed by atoms with Crippen LogP contribution in [0, 0.1) is 5.92 Å². The molecule has 0 aliphatic carbocycles. The van der Waals surface area contributed by atoms with Crippen LogP contribution in [0.25, 0.3) is 0 Å². The van der Waals surface area contributed by atoms with E-state index in [0.717, 1.165) is 6.29 Å². The topological polar surface area (TPSA) is 46.2 Å². The minimum absolute atomic E-state index is 0.0858. The maximum absolute atomic E-state index is 11.3. The fourth-order valence-electron chi connectivity index (χ4n) is 1.18. The zero-order valence-electron chi connectivity index (χ0n) is 7.96. The fourth-order valence-corrected chi connectivity index (χ4v) is 1.18. The highest BCUT2D eigenvalue weighted by atomic mass is 16.1. The van der Waals surface area contributed by atoms with Gasteiger partial charge in [-0.15, -0.1) is 0 Å². The Morgan fingerprint density at radius 1 is 1.58 bits per heavy atom. The molecule has 0 aliphatic heterocycles. The molecule has 0 aliphatic rings. The Labute approximate surface area is 73.5 Å². The molecule has 0 radical (unpaired) electrons. The summed E-state index contributed by atoms with van der Waals surface area (Å²) in [5, 5.41) is 2.99. The van der Waals surface area contributed by atoms with Crippen LogP contribution in [0.3, 0.4) is 0 Å². The number of carbonyl (C=O) groups is 2. The largest absolute Gasteiger partial charge is 0.317 e. The molecule has 0 rings (SSSR count). The summed E-state index contributed by atoms with van der Waals surface area (Å²) < 4.78 is 0. The summed E-state index contributed by atoms with van der Waals surface area (Å²) in [6.45, 7) is 3.74. The van der Waals surface area contributed by atoms with Gasteiger partial charge in [-0.05, 0) is 14.0 Å². The van der Waals surface area contributed by atoms with E-state index >= 15 is 0 Å². The normalized spacial score (nSPS) is 15.2. The first kappa shape index (κ1) is 11.3. The van der Waals surface area contributed by atoms with Gasteiger partial charge in [-0.3, -0.25) is 4.79 Å². The van der Waals surface area contributed by atoms with Gasteiger partial charge in [0, 0.05) is 24.8 Å². The van der Waals surface area contributed by atoms with Gasteiger partial charge in [-0.2, -0.15) is 0 Å². The van der Waals surface area contributed by atoms with Crippen LogP contribution in [0.4, 0.5) is 0 Å². The molecule has 0 aromatic rings. The first-order valence-corrected chi connectivity index (χ1v) is 4.31.